The van der Waals surface area contributed by atoms with Gasteiger partial charge in [-0.1, -0.05) is 0 Å². The lowest BCUT2D eigenvalue weighted by atomic mass is 10.1. The molecule has 2 amide bonds. The molecule has 134 valence electrons. The highest BCUT2D eigenvalue weighted by molar-refractivity contribution is 5.97. The second-order valence-corrected chi connectivity index (χ2v) is 6.41. The number of H-pyrrole nitrogens is 3. The summed E-state index contributed by atoms with van der Waals surface area (Å²) in [6.45, 7) is 2.05. The van der Waals surface area contributed by atoms with E-state index in [1.54, 1.807) is 34.2 Å². The van der Waals surface area contributed by atoms with Crippen LogP contribution in [0.15, 0.2) is 41.5 Å². The van der Waals surface area contributed by atoms with Gasteiger partial charge in [0.15, 0.2) is 0 Å². The summed E-state index contributed by atoms with van der Waals surface area (Å²) < 4.78 is 0. The fourth-order valence-electron chi connectivity index (χ4n) is 3.26. The van der Waals surface area contributed by atoms with Crippen LogP contribution in [0.1, 0.15) is 15.9 Å². The predicted octanol–water partition coefficient (Wildman–Crippen LogP) is 0.711. The van der Waals surface area contributed by atoms with Gasteiger partial charge in [0, 0.05) is 44.1 Å². The van der Waals surface area contributed by atoms with E-state index in [1.165, 1.54) is 0 Å². The molecule has 2 aromatic heterocycles. The molecule has 26 heavy (non-hydrogen) atoms. The lowest BCUT2D eigenvalue weighted by Crippen LogP contribution is -2.51. The van der Waals surface area contributed by atoms with Gasteiger partial charge in [-0.05, 0) is 29.8 Å². The highest BCUT2D eigenvalue weighted by Gasteiger charge is 2.25. The van der Waals surface area contributed by atoms with Gasteiger partial charge in [-0.2, -0.15) is 0 Å². The molecule has 4 rings (SSSR count). The summed E-state index contributed by atoms with van der Waals surface area (Å²) in [5.41, 5.74) is 2.48. The Bertz CT molecular complexity index is 993. The number of hydrogen-bond donors (Lipinski definition) is 3. The lowest BCUT2D eigenvalue weighted by molar-refractivity contribution is -0.131. The number of imidazole rings is 1. The third-order valence-electron chi connectivity index (χ3n) is 4.70. The molecule has 3 heterocycles. The first-order chi connectivity index (χ1) is 12.6. The van der Waals surface area contributed by atoms with Crippen molar-refractivity contribution in [3.8, 4) is 0 Å². The topological polar surface area (TPSA) is 105 Å². The Hall–Kier alpha value is -3.29. The van der Waals surface area contributed by atoms with Crippen molar-refractivity contribution in [1.82, 2.24) is 24.8 Å². The molecule has 3 aromatic rings. The van der Waals surface area contributed by atoms with Crippen molar-refractivity contribution >= 4 is 22.8 Å². The standard InChI is InChI=1S/C18H19N5O3/c24-16(9-12-3-4-19-11-12)22-5-7-23(8-6-22)17(25)13-1-2-14-15(10-13)21-18(26)20-14/h1-4,10-11,19H,5-9H2,(H2,20,21,26). The van der Waals surface area contributed by atoms with Crippen molar-refractivity contribution in [2.24, 2.45) is 0 Å². The minimum absolute atomic E-state index is 0.0722. The van der Waals surface area contributed by atoms with E-state index in [2.05, 4.69) is 15.0 Å². The van der Waals surface area contributed by atoms with Gasteiger partial charge in [0.2, 0.25) is 5.91 Å². The first kappa shape index (κ1) is 16.2. The average molecular weight is 353 g/mol. The molecule has 1 fully saturated rings. The molecular weight excluding hydrogens is 334 g/mol. The third kappa shape index (κ3) is 3.13. The smallest absolute Gasteiger partial charge is 0.323 e. The molecule has 0 saturated carbocycles. The van der Waals surface area contributed by atoms with E-state index in [1.807, 2.05) is 12.3 Å². The molecule has 0 unspecified atom stereocenters. The van der Waals surface area contributed by atoms with E-state index in [0.717, 1.165) is 5.56 Å². The van der Waals surface area contributed by atoms with Gasteiger partial charge < -0.3 is 24.8 Å². The molecule has 1 aromatic carbocycles. The van der Waals surface area contributed by atoms with Crippen LogP contribution in [0.2, 0.25) is 0 Å². The number of piperazine rings is 1. The number of nitrogens with one attached hydrogen (secondary N) is 3. The van der Waals surface area contributed by atoms with Crippen molar-refractivity contribution < 1.29 is 9.59 Å². The molecule has 0 aliphatic carbocycles. The number of rotatable bonds is 3. The molecule has 1 aliphatic rings. The van der Waals surface area contributed by atoms with Gasteiger partial charge in [0.25, 0.3) is 5.91 Å². The SMILES string of the molecule is O=C(Cc1cc[nH]c1)N1CCN(C(=O)c2ccc3[nH]c(=O)[nH]c3c2)CC1. The third-order valence-corrected chi connectivity index (χ3v) is 4.70. The number of fused-ring (bicyclic) bond motifs is 1. The van der Waals surface area contributed by atoms with Crippen molar-refractivity contribution in [2.45, 2.75) is 6.42 Å². The van der Waals surface area contributed by atoms with Crippen LogP contribution in [0.5, 0.6) is 0 Å². The van der Waals surface area contributed by atoms with Gasteiger partial charge in [-0.25, -0.2) is 4.79 Å². The van der Waals surface area contributed by atoms with Crippen LogP contribution in [-0.4, -0.2) is 62.7 Å². The second-order valence-electron chi connectivity index (χ2n) is 6.41. The van der Waals surface area contributed by atoms with Gasteiger partial charge in [0.1, 0.15) is 0 Å². The summed E-state index contributed by atoms with van der Waals surface area (Å²) in [5, 5.41) is 0. The molecule has 8 nitrogen and oxygen atoms in total. The molecule has 1 aliphatic heterocycles. The molecule has 0 atom stereocenters. The van der Waals surface area contributed by atoms with Crippen LogP contribution in [0, 0.1) is 0 Å². The molecule has 0 spiro atoms. The Balaban J connectivity index is 1.39. The largest absolute Gasteiger partial charge is 0.367 e. The van der Waals surface area contributed by atoms with Gasteiger partial charge >= 0.3 is 5.69 Å². The lowest BCUT2D eigenvalue weighted by Gasteiger charge is -2.34. The number of nitrogens with zero attached hydrogens (tertiary/aromatic N) is 2. The molecule has 8 heteroatoms. The van der Waals surface area contributed by atoms with Crippen molar-refractivity contribution in [3.05, 3.63) is 58.3 Å². The second kappa shape index (κ2) is 6.55. The summed E-state index contributed by atoms with van der Waals surface area (Å²) in [7, 11) is 0. The van der Waals surface area contributed by atoms with Gasteiger partial charge in [0.05, 0.1) is 17.5 Å². The average Bonchev–Trinajstić information content (AvgIpc) is 3.28. The Morgan fingerprint density at radius 1 is 0.962 bits per heavy atom. The number of carbonyl (C=O) groups excluding carboxylic acids is 2. The quantitative estimate of drug-likeness (QED) is 0.646. The van der Waals surface area contributed by atoms with E-state index in [9.17, 15) is 14.4 Å². The number of aromatic amines is 3. The first-order valence-corrected chi connectivity index (χ1v) is 8.51. The van der Waals surface area contributed by atoms with E-state index < -0.39 is 0 Å². The Kier molecular flexibility index (Phi) is 4.08. The summed E-state index contributed by atoms with van der Waals surface area (Å²) in [6.07, 6.45) is 3.99. The summed E-state index contributed by atoms with van der Waals surface area (Å²) in [4.78, 5) is 48.2. The zero-order valence-electron chi connectivity index (χ0n) is 14.1. The van der Waals surface area contributed by atoms with Crippen LogP contribution in [0.25, 0.3) is 11.0 Å². The Morgan fingerprint density at radius 2 is 1.69 bits per heavy atom. The van der Waals surface area contributed by atoms with Crippen LogP contribution in [0.3, 0.4) is 0 Å². The number of benzene rings is 1. The fourth-order valence-corrected chi connectivity index (χ4v) is 3.26. The predicted molar refractivity (Wildman–Crippen MR) is 95.9 cm³/mol. The highest BCUT2D eigenvalue weighted by Crippen LogP contribution is 2.14. The molecule has 0 radical (unpaired) electrons. The van der Waals surface area contributed by atoms with Crippen molar-refractivity contribution in [2.75, 3.05) is 26.2 Å². The summed E-state index contributed by atoms with van der Waals surface area (Å²) >= 11 is 0. The monoisotopic (exact) mass is 353 g/mol. The van der Waals surface area contributed by atoms with E-state index in [0.29, 0.717) is 49.2 Å². The van der Waals surface area contributed by atoms with Gasteiger partial charge in [-0.15, -0.1) is 0 Å². The molecular formula is C18H19N5O3. The fraction of sp³-hybridized carbons (Fsp3) is 0.278. The van der Waals surface area contributed by atoms with E-state index in [-0.39, 0.29) is 17.5 Å². The zero-order chi connectivity index (χ0) is 18.1. The molecule has 0 bridgehead atoms. The summed E-state index contributed by atoms with van der Waals surface area (Å²) in [6, 6.07) is 6.99. The number of carbonyl (C=O) groups is 2. The van der Waals surface area contributed by atoms with Crippen LogP contribution >= 0.6 is 0 Å². The summed E-state index contributed by atoms with van der Waals surface area (Å²) in [5.74, 6) is -0.0188. The van der Waals surface area contributed by atoms with Crippen molar-refractivity contribution in [1.29, 1.82) is 0 Å². The maximum Gasteiger partial charge on any atom is 0.323 e. The first-order valence-electron chi connectivity index (χ1n) is 8.51. The van der Waals surface area contributed by atoms with Crippen LogP contribution in [0.4, 0.5) is 0 Å². The van der Waals surface area contributed by atoms with E-state index in [4.69, 9.17) is 0 Å². The van der Waals surface area contributed by atoms with Gasteiger partial charge in [-0.3, -0.25) is 9.59 Å². The molecule has 3 N–H and O–H groups in total. The normalized spacial score (nSPS) is 14.8. The Labute approximate surface area is 148 Å². The highest BCUT2D eigenvalue weighted by atomic mass is 16.2. The van der Waals surface area contributed by atoms with Crippen molar-refractivity contribution in [3.63, 3.8) is 0 Å². The molecule has 1 saturated heterocycles. The number of amides is 2. The Morgan fingerprint density at radius 3 is 2.42 bits per heavy atom. The maximum atomic E-state index is 12.7. The number of aromatic nitrogens is 3. The van der Waals surface area contributed by atoms with Crippen LogP contribution in [-0.2, 0) is 11.2 Å². The maximum absolute atomic E-state index is 12.7. The minimum Gasteiger partial charge on any atom is -0.367 e. The van der Waals surface area contributed by atoms with E-state index >= 15 is 0 Å². The minimum atomic E-state index is -0.292. The zero-order valence-corrected chi connectivity index (χ0v) is 14.1. The van der Waals surface area contributed by atoms with Crippen LogP contribution < -0.4 is 5.69 Å². The number of hydrogen-bond acceptors (Lipinski definition) is 3.